The van der Waals surface area contributed by atoms with Gasteiger partial charge in [-0.15, -0.1) is 12.4 Å². The summed E-state index contributed by atoms with van der Waals surface area (Å²) in [5.74, 6) is 0.561. The molecule has 0 radical (unpaired) electrons. The number of benzene rings is 1. The first kappa shape index (κ1) is 18.4. The van der Waals surface area contributed by atoms with Crippen LogP contribution >= 0.6 is 12.4 Å². The Bertz CT molecular complexity index is 660. The number of hydrogen-bond acceptors (Lipinski definition) is 4. The number of hydrogen-bond donors (Lipinski definition) is 1. The van der Waals surface area contributed by atoms with Crippen molar-refractivity contribution in [2.45, 2.75) is 25.8 Å². The van der Waals surface area contributed by atoms with E-state index in [-0.39, 0.29) is 24.2 Å². The number of halogens is 1. The third-order valence-corrected chi connectivity index (χ3v) is 4.58. The molecule has 1 aliphatic carbocycles. The lowest BCUT2D eigenvalue weighted by Gasteiger charge is -2.23. The van der Waals surface area contributed by atoms with Crippen molar-refractivity contribution in [2.24, 2.45) is 17.6 Å². The van der Waals surface area contributed by atoms with Crippen molar-refractivity contribution >= 4 is 18.3 Å². The SMILES string of the molecule is CN(Cc1cnn(-c2ccccc2)n1)C(=O)[C@@H]1CCC[C@@H]1CN.Cl. The van der Waals surface area contributed by atoms with Crippen LogP contribution in [0.25, 0.3) is 5.69 Å². The molecule has 0 aliphatic heterocycles. The van der Waals surface area contributed by atoms with Crippen molar-refractivity contribution in [2.75, 3.05) is 13.6 Å². The van der Waals surface area contributed by atoms with E-state index in [2.05, 4.69) is 10.2 Å². The molecule has 1 aromatic heterocycles. The van der Waals surface area contributed by atoms with Gasteiger partial charge in [0.25, 0.3) is 0 Å². The van der Waals surface area contributed by atoms with E-state index < -0.39 is 0 Å². The first-order chi connectivity index (χ1) is 11.2. The number of carbonyl (C=O) groups is 1. The van der Waals surface area contributed by atoms with Crippen LogP contribution in [0.15, 0.2) is 36.5 Å². The molecule has 1 heterocycles. The van der Waals surface area contributed by atoms with Crippen molar-refractivity contribution < 1.29 is 4.79 Å². The highest BCUT2D eigenvalue weighted by Gasteiger charge is 2.33. The molecule has 7 heteroatoms. The zero-order valence-electron chi connectivity index (χ0n) is 13.8. The number of para-hydroxylation sites is 1. The molecule has 1 aromatic carbocycles. The van der Waals surface area contributed by atoms with Crippen molar-refractivity contribution in [1.29, 1.82) is 0 Å². The van der Waals surface area contributed by atoms with Crippen LogP contribution in [-0.2, 0) is 11.3 Å². The number of nitrogens with two attached hydrogens (primary N) is 1. The number of nitrogens with zero attached hydrogens (tertiary/aromatic N) is 4. The van der Waals surface area contributed by atoms with Crippen LogP contribution in [0.2, 0.25) is 0 Å². The van der Waals surface area contributed by atoms with Crippen molar-refractivity contribution in [3.8, 4) is 5.69 Å². The Balaban J connectivity index is 0.00000208. The standard InChI is InChI=1S/C17H23N5O.ClH/c1-21(17(23)16-9-5-6-13(16)10-18)12-14-11-19-22(20-14)15-7-3-2-4-8-15;/h2-4,7-8,11,13,16H,5-6,9-10,12,18H2,1H3;1H/t13-,16-;/m1./s1. The molecule has 2 aromatic rings. The first-order valence-corrected chi connectivity index (χ1v) is 8.10. The summed E-state index contributed by atoms with van der Waals surface area (Å²) in [7, 11) is 1.83. The molecule has 2 atom stereocenters. The Kier molecular flexibility index (Phi) is 6.34. The van der Waals surface area contributed by atoms with Gasteiger partial charge in [-0.2, -0.15) is 15.0 Å². The molecule has 1 amide bonds. The van der Waals surface area contributed by atoms with Gasteiger partial charge in [0.2, 0.25) is 5.91 Å². The molecular weight excluding hydrogens is 326 g/mol. The van der Waals surface area contributed by atoms with Crippen molar-refractivity contribution in [3.05, 3.63) is 42.2 Å². The van der Waals surface area contributed by atoms with E-state index in [1.165, 1.54) is 0 Å². The summed E-state index contributed by atoms with van der Waals surface area (Å²) >= 11 is 0. The molecule has 2 N–H and O–H groups in total. The first-order valence-electron chi connectivity index (χ1n) is 8.10. The second kappa shape index (κ2) is 8.26. The van der Waals surface area contributed by atoms with Crippen LogP contribution in [-0.4, -0.2) is 39.4 Å². The van der Waals surface area contributed by atoms with Gasteiger partial charge in [-0.1, -0.05) is 24.6 Å². The van der Waals surface area contributed by atoms with E-state index in [9.17, 15) is 4.79 Å². The summed E-state index contributed by atoms with van der Waals surface area (Å²) in [6, 6.07) is 9.74. The Morgan fingerprint density at radius 2 is 2.08 bits per heavy atom. The minimum atomic E-state index is 0. The van der Waals surface area contributed by atoms with Gasteiger partial charge in [0.05, 0.1) is 18.4 Å². The van der Waals surface area contributed by atoms with Gasteiger partial charge in [-0.05, 0) is 37.4 Å². The normalized spacial score (nSPS) is 19.8. The van der Waals surface area contributed by atoms with E-state index in [1.807, 2.05) is 37.4 Å². The predicted molar refractivity (Wildman–Crippen MR) is 95.0 cm³/mol. The zero-order chi connectivity index (χ0) is 16.2. The molecular formula is C17H24ClN5O. The Hall–Kier alpha value is -1.92. The largest absolute Gasteiger partial charge is 0.339 e. The van der Waals surface area contributed by atoms with Gasteiger partial charge in [0.15, 0.2) is 0 Å². The molecule has 6 nitrogen and oxygen atoms in total. The second-order valence-corrected chi connectivity index (χ2v) is 6.19. The van der Waals surface area contributed by atoms with Gasteiger partial charge in [0, 0.05) is 13.0 Å². The molecule has 130 valence electrons. The van der Waals surface area contributed by atoms with Crippen LogP contribution < -0.4 is 5.73 Å². The minimum Gasteiger partial charge on any atom is -0.339 e. The fraction of sp³-hybridized carbons (Fsp3) is 0.471. The average Bonchev–Trinajstić information content (AvgIpc) is 3.23. The number of aromatic nitrogens is 3. The number of carbonyl (C=O) groups excluding carboxylic acids is 1. The van der Waals surface area contributed by atoms with Gasteiger partial charge in [-0.25, -0.2) is 0 Å². The lowest BCUT2D eigenvalue weighted by molar-refractivity contribution is -0.135. The van der Waals surface area contributed by atoms with Gasteiger partial charge >= 0.3 is 0 Å². The maximum Gasteiger partial charge on any atom is 0.226 e. The fourth-order valence-corrected chi connectivity index (χ4v) is 3.30. The molecule has 1 fully saturated rings. The number of amides is 1. The molecule has 0 unspecified atom stereocenters. The lowest BCUT2D eigenvalue weighted by Crippen LogP contribution is -2.36. The Labute approximate surface area is 148 Å². The summed E-state index contributed by atoms with van der Waals surface area (Å²) in [5.41, 5.74) is 7.48. The van der Waals surface area contributed by atoms with Crippen molar-refractivity contribution in [1.82, 2.24) is 19.9 Å². The van der Waals surface area contributed by atoms with Crippen molar-refractivity contribution in [3.63, 3.8) is 0 Å². The molecule has 1 aliphatic rings. The fourth-order valence-electron chi connectivity index (χ4n) is 3.30. The molecule has 3 rings (SSSR count). The number of rotatable bonds is 5. The highest BCUT2D eigenvalue weighted by molar-refractivity contribution is 5.85. The summed E-state index contributed by atoms with van der Waals surface area (Å²) in [6.07, 6.45) is 4.81. The van der Waals surface area contributed by atoms with E-state index >= 15 is 0 Å². The topological polar surface area (TPSA) is 77.0 Å². The Morgan fingerprint density at radius 3 is 2.79 bits per heavy atom. The Morgan fingerprint density at radius 1 is 1.33 bits per heavy atom. The third kappa shape index (κ3) is 3.94. The molecule has 24 heavy (non-hydrogen) atoms. The van der Waals surface area contributed by atoms with E-state index in [0.29, 0.717) is 19.0 Å². The van der Waals surface area contributed by atoms with Crippen LogP contribution in [0.1, 0.15) is 25.0 Å². The highest BCUT2D eigenvalue weighted by Crippen LogP contribution is 2.32. The summed E-state index contributed by atoms with van der Waals surface area (Å²) in [5, 5.41) is 8.73. The van der Waals surface area contributed by atoms with Gasteiger partial charge < -0.3 is 10.6 Å². The molecule has 0 spiro atoms. The predicted octanol–water partition coefficient (Wildman–Crippen LogP) is 2.02. The minimum absolute atomic E-state index is 0. The van der Waals surface area contributed by atoms with Gasteiger partial charge in [-0.3, -0.25) is 4.79 Å². The summed E-state index contributed by atoms with van der Waals surface area (Å²) in [4.78, 5) is 15.9. The monoisotopic (exact) mass is 349 g/mol. The van der Waals surface area contributed by atoms with Crippen LogP contribution in [0.5, 0.6) is 0 Å². The quantitative estimate of drug-likeness (QED) is 0.895. The van der Waals surface area contributed by atoms with E-state index in [4.69, 9.17) is 5.73 Å². The molecule has 1 saturated carbocycles. The maximum atomic E-state index is 12.6. The highest BCUT2D eigenvalue weighted by atomic mass is 35.5. The lowest BCUT2D eigenvalue weighted by atomic mass is 9.95. The van der Waals surface area contributed by atoms with E-state index in [0.717, 1.165) is 30.6 Å². The zero-order valence-corrected chi connectivity index (χ0v) is 14.7. The van der Waals surface area contributed by atoms with Crippen LogP contribution in [0, 0.1) is 11.8 Å². The summed E-state index contributed by atoms with van der Waals surface area (Å²) in [6.45, 7) is 1.06. The van der Waals surface area contributed by atoms with Crippen LogP contribution in [0.4, 0.5) is 0 Å². The molecule has 0 bridgehead atoms. The van der Waals surface area contributed by atoms with Gasteiger partial charge in [0.1, 0.15) is 5.69 Å². The van der Waals surface area contributed by atoms with Crippen LogP contribution in [0.3, 0.4) is 0 Å². The second-order valence-electron chi connectivity index (χ2n) is 6.19. The average molecular weight is 350 g/mol. The smallest absolute Gasteiger partial charge is 0.226 e. The van der Waals surface area contributed by atoms with E-state index in [1.54, 1.807) is 15.9 Å². The third-order valence-electron chi connectivity index (χ3n) is 4.58. The molecule has 0 saturated heterocycles. The maximum absolute atomic E-state index is 12.6. The summed E-state index contributed by atoms with van der Waals surface area (Å²) < 4.78 is 0.